The molecule has 0 aliphatic rings. The minimum absolute atomic E-state index is 0. The Morgan fingerprint density at radius 1 is 1.12 bits per heavy atom. The molecule has 92 valence electrons. The summed E-state index contributed by atoms with van der Waals surface area (Å²) >= 11 is 0. The van der Waals surface area contributed by atoms with Crippen molar-refractivity contribution in [3.8, 4) is 0 Å². The van der Waals surface area contributed by atoms with Crippen molar-refractivity contribution >= 4 is 11.8 Å². The molecular weight excluding hydrogens is 244 g/mol. The molecule has 0 radical (unpaired) electrons. The second-order valence-corrected chi connectivity index (χ2v) is 3.76. The van der Waals surface area contributed by atoms with E-state index in [1.165, 1.54) is 0 Å². The van der Waals surface area contributed by atoms with Crippen LogP contribution in [0, 0.1) is 5.92 Å². The summed E-state index contributed by atoms with van der Waals surface area (Å²) in [7, 11) is 0. The third-order valence-electron chi connectivity index (χ3n) is 2.09. The Balaban J connectivity index is 0. The Bertz CT molecular complexity index is 212. The number of Topliss-reactive ketones (excluding diaryl/α,β-unsaturated/α-hetero) is 1. The normalized spacial score (nSPS) is 10.1. The van der Waals surface area contributed by atoms with Crippen LogP contribution in [0.1, 0.15) is 47.0 Å². The molecule has 0 spiro atoms. The molecule has 0 aliphatic heterocycles. The predicted molar refractivity (Wildman–Crippen MR) is 56.0 cm³/mol. The monoisotopic (exact) mass is 264 g/mol. The zero-order valence-corrected chi connectivity index (χ0v) is 12.0. The summed E-state index contributed by atoms with van der Waals surface area (Å²) in [5.74, 6) is -0.727. The maximum absolute atomic E-state index is 11.5. The van der Waals surface area contributed by atoms with Crippen molar-refractivity contribution in [1.29, 1.82) is 0 Å². The molecule has 5 heteroatoms. The van der Waals surface area contributed by atoms with E-state index in [-0.39, 0.29) is 45.9 Å². The van der Waals surface area contributed by atoms with E-state index in [2.05, 4.69) is 9.78 Å². The maximum atomic E-state index is 11.5. The number of hydrogen-bond acceptors (Lipinski definition) is 4. The molecule has 0 N–H and O–H groups in total. The van der Waals surface area contributed by atoms with Gasteiger partial charge in [0, 0.05) is 27.6 Å². The second kappa shape index (κ2) is 10.00. The van der Waals surface area contributed by atoms with Crippen LogP contribution in [-0.4, -0.2) is 17.9 Å². The van der Waals surface area contributed by atoms with E-state index in [0.717, 1.165) is 12.8 Å². The molecule has 0 aliphatic carbocycles. The molecule has 4 nitrogen and oxygen atoms in total. The fraction of sp³-hybridized carbons (Fsp3) is 0.818. The Labute approximate surface area is 112 Å². The first-order valence-corrected chi connectivity index (χ1v) is 5.40. The van der Waals surface area contributed by atoms with Crippen LogP contribution >= 0.6 is 0 Å². The molecule has 0 bridgehead atoms. The zero-order valence-electron chi connectivity index (χ0n) is 10.4. The van der Waals surface area contributed by atoms with E-state index >= 15 is 0 Å². The fourth-order valence-electron chi connectivity index (χ4n) is 1.21. The molecule has 0 saturated carbocycles. The van der Waals surface area contributed by atoms with Gasteiger partial charge in [-0.1, -0.05) is 13.8 Å². The van der Waals surface area contributed by atoms with Crippen LogP contribution < -0.4 is 0 Å². The average Bonchev–Trinajstić information content (AvgIpc) is 2.16. The molecule has 0 fully saturated rings. The number of carbonyl (C=O) groups excluding carboxylic acids is 2. The van der Waals surface area contributed by atoms with E-state index in [1.54, 1.807) is 13.8 Å². The molecule has 16 heavy (non-hydrogen) atoms. The van der Waals surface area contributed by atoms with Crippen molar-refractivity contribution in [2.24, 2.45) is 5.92 Å². The van der Waals surface area contributed by atoms with Gasteiger partial charge in [-0.15, -0.1) is 0 Å². The maximum Gasteiger partial charge on any atom is 0.349 e. The molecule has 0 rings (SSSR count). The number of ketones is 1. The molecule has 0 amide bonds. The number of carbonyl (C=O) groups is 2. The van der Waals surface area contributed by atoms with Gasteiger partial charge in [0.1, 0.15) is 12.2 Å². The van der Waals surface area contributed by atoms with Crippen molar-refractivity contribution in [2.75, 3.05) is 0 Å². The van der Waals surface area contributed by atoms with Crippen LogP contribution in [0.25, 0.3) is 0 Å². The largest absolute Gasteiger partial charge is 0.349 e. The zero-order chi connectivity index (χ0) is 11.8. The van der Waals surface area contributed by atoms with Crippen LogP contribution in [0.15, 0.2) is 0 Å². The van der Waals surface area contributed by atoms with Crippen LogP contribution in [0.2, 0.25) is 0 Å². The van der Waals surface area contributed by atoms with Gasteiger partial charge in [0.05, 0.1) is 6.10 Å². The first-order valence-electron chi connectivity index (χ1n) is 5.40. The van der Waals surface area contributed by atoms with Gasteiger partial charge in [-0.2, -0.15) is 4.89 Å². The van der Waals surface area contributed by atoms with Gasteiger partial charge in [0.25, 0.3) is 0 Å². The third-order valence-corrected chi connectivity index (χ3v) is 2.09. The van der Waals surface area contributed by atoms with E-state index in [0.29, 0.717) is 0 Å². The van der Waals surface area contributed by atoms with Crippen LogP contribution in [-0.2, 0) is 41.1 Å². The summed E-state index contributed by atoms with van der Waals surface area (Å²) in [5.41, 5.74) is 0. The molecule has 0 aromatic rings. The van der Waals surface area contributed by atoms with Crippen molar-refractivity contribution in [1.82, 2.24) is 0 Å². The Kier molecular flexibility index (Phi) is 11.4. The second-order valence-electron chi connectivity index (χ2n) is 3.76. The SMILES string of the molecule is CCC(CC)C(=O)CC(=O)OOC(C)C.[Ti]. The van der Waals surface area contributed by atoms with Gasteiger partial charge in [0.15, 0.2) is 0 Å². The van der Waals surface area contributed by atoms with E-state index < -0.39 is 5.97 Å². The quantitative estimate of drug-likeness (QED) is 0.306. The van der Waals surface area contributed by atoms with Crippen LogP contribution in [0.4, 0.5) is 0 Å². The van der Waals surface area contributed by atoms with E-state index in [1.807, 2.05) is 13.8 Å². The molecule has 0 atom stereocenters. The summed E-state index contributed by atoms with van der Waals surface area (Å²) in [6.07, 6.45) is 1.14. The van der Waals surface area contributed by atoms with Gasteiger partial charge in [0.2, 0.25) is 0 Å². The van der Waals surface area contributed by atoms with Crippen molar-refractivity contribution < 1.29 is 41.1 Å². The van der Waals surface area contributed by atoms with Gasteiger partial charge >= 0.3 is 5.97 Å². The summed E-state index contributed by atoms with van der Waals surface area (Å²) < 4.78 is 0. The molecular formula is C11H20O4Ti. The summed E-state index contributed by atoms with van der Waals surface area (Å²) in [4.78, 5) is 31.7. The number of hydrogen-bond donors (Lipinski definition) is 0. The van der Waals surface area contributed by atoms with E-state index in [4.69, 9.17) is 0 Å². The van der Waals surface area contributed by atoms with Gasteiger partial charge in [-0.25, -0.2) is 4.79 Å². The summed E-state index contributed by atoms with van der Waals surface area (Å²) in [6, 6.07) is 0. The minimum Gasteiger partial charge on any atom is -0.299 e. The topological polar surface area (TPSA) is 52.6 Å². The number of rotatable bonds is 7. The Morgan fingerprint density at radius 2 is 1.62 bits per heavy atom. The molecule has 0 aromatic carbocycles. The molecule has 0 unspecified atom stereocenters. The smallest absolute Gasteiger partial charge is 0.299 e. The average molecular weight is 264 g/mol. The fourth-order valence-corrected chi connectivity index (χ4v) is 1.21. The predicted octanol–water partition coefficient (Wildman–Crippen LogP) is 2.26. The van der Waals surface area contributed by atoms with Gasteiger partial charge in [-0.05, 0) is 26.7 Å². The molecule has 0 aromatic heterocycles. The van der Waals surface area contributed by atoms with Crippen molar-refractivity contribution in [3.05, 3.63) is 0 Å². The summed E-state index contributed by atoms with van der Waals surface area (Å²) in [6.45, 7) is 7.36. The Morgan fingerprint density at radius 3 is 2.00 bits per heavy atom. The first kappa shape index (κ1) is 18.2. The Hall–Kier alpha value is -0.186. The minimum atomic E-state index is -0.611. The molecule has 0 heterocycles. The van der Waals surface area contributed by atoms with Crippen molar-refractivity contribution in [2.45, 2.75) is 53.1 Å². The van der Waals surface area contributed by atoms with Gasteiger partial charge in [-0.3, -0.25) is 9.68 Å². The summed E-state index contributed by atoms with van der Waals surface area (Å²) in [5, 5.41) is 0. The third kappa shape index (κ3) is 8.02. The molecule has 0 saturated heterocycles. The standard InChI is InChI=1S/C11H20O4.Ti/c1-5-9(6-2)10(12)7-11(13)15-14-8(3)4;/h8-9H,5-7H2,1-4H3;. The van der Waals surface area contributed by atoms with Crippen LogP contribution in [0.3, 0.4) is 0 Å². The first-order chi connectivity index (χ1) is 7.01. The van der Waals surface area contributed by atoms with Crippen LogP contribution in [0.5, 0.6) is 0 Å². The van der Waals surface area contributed by atoms with Crippen molar-refractivity contribution in [3.63, 3.8) is 0 Å². The van der Waals surface area contributed by atoms with Gasteiger partial charge < -0.3 is 0 Å². The van der Waals surface area contributed by atoms with E-state index in [9.17, 15) is 9.59 Å².